The average molecular weight is 226 g/mol. The molecule has 15 heavy (non-hydrogen) atoms. The Morgan fingerprint density at radius 2 is 1.80 bits per heavy atom. The fourth-order valence-electron chi connectivity index (χ4n) is 0.995. The highest BCUT2D eigenvalue weighted by Crippen LogP contribution is 2.17. The van der Waals surface area contributed by atoms with Gasteiger partial charge in [-0.2, -0.15) is 0 Å². The lowest BCUT2D eigenvalue weighted by atomic mass is 10.1. The summed E-state index contributed by atoms with van der Waals surface area (Å²) >= 11 is 1.73. The van der Waals surface area contributed by atoms with E-state index in [1.54, 1.807) is 23.9 Å². The summed E-state index contributed by atoms with van der Waals surface area (Å²) in [6.45, 7) is 5.66. The molecule has 0 aliphatic heterocycles. The molecule has 0 fully saturated rings. The lowest BCUT2D eigenvalue weighted by molar-refractivity contribution is 0.0903. The van der Waals surface area contributed by atoms with Crippen LogP contribution < -0.4 is 0 Å². The molecule has 0 bridgehead atoms. The predicted molar refractivity (Wildman–Crippen MR) is 65.6 cm³/mol. The Kier molecular flexibility index (Phi) is 8.05. The number of Topliss-reactive ketones (excluding diaryl/α,β-unsaturated/α-hetero) is 1. The van der Waals surface area contributed by atoms with Gasteiger partial charge in [-0.3, -0.25) is 4.79 Å². The van der Waals surface area contributed by atoms with E-state index >= 15 is 0 Å². The highest BCUT2D eigenvalue weighted by atomic mass is 32.2. The lowest BCUT2D eigenvalue weighted by Gasteiger charge is -2.00. The Hall–Kier alpha value is -0.800. The van der Waals surface area contributed by atoms with Crippen LogP contribution in [-0.4, -0.2) is 23.2 Å². The van der Waals surface area contributed by atoms with Crippen LogP contribution in [0.15, 0.2) is 29.2 Å². The quantitative estimate of drug-likeness (QED) is 0.633. The zero-order valence-electron chi connectivity index (χ0n) is 9.49. The van der Waals surface area contributed by atoms with Crippen molar-refractivity contribution in [1.29, 1.82) is 0 Å². The van der Waals surface area contributed by atoms with Crippen molar-refractivity contribution < 1.29 is 9.90 Å². The Morgan fingerprint density at radius 3 is 2.20 bits per heavy atom. The fraction of sp³-hybridized carbons (Fsp3) is 0.417. The van der Waals surface area contributed by atoms with Gasteiger partial charge in [-0.1, -0.05) is 32.9 Å². The maximum absolute atomic E-state index is 11.0. The largest absolute Gasteiger partial charge is 0.388 e. The standard InChI is InChI=1S/C10H12O2S.C2H6/c1-2-13-9-5-3-8(4-6-9)10(12)7-11;1-2/h3-6,11H,2,7H2,1H3;1-2H3. The van der Waals surface area contributed by atoms with Crippen molar-refractivity contribution in [2.24, 2.45) is 0 Å². The van der Waals surface area contributed by atoms with Crippen LogP contribution >= 0.6 is 11.8 Å². The Morgan fingerprint density at radius 1 is 1.27 bits per heavy atom. The van der Waals surface area contributed by atoms with Crippen LogP contribution in [0.2, 0.25) is 0 Å². The van der Waals surface area contributed by atoms with E-state index in [2.05, 4.69) is 6.92 Å². The number of hydrogen-bond donors (Lipinski definition) is 1. The number of rotatable bonds is 4. The fourth-order valence-corrected chi connectivity index (χ4v) is 1.66. The van der Waals surface area contributed by atoms with Crippen molar-refractivity contribution >= 4 is 17.5 Å². The first-order chi connectivity index (χ1) is 7.27. The maximum atomic E-state index is 11.0. The lowest BCUT2D eigenvalue weighted by Crippen LogP contribution is -2.03. The van der Waals surface area contributed by atoms with Gasteiger partial charge in [0.15, 0.2) is 5.78 Å². The van der Waals surface area contributed by atoms with Crippen LogP contribution in [0.5, 0.6) is 0 Å². The number of aliphatic hydroxyl groups excluding tert-OH is 1. The molecular weight excluding hydrogens is 208 g/mol. The van der Waals surface area contributed by atoms with Crippen LogP contribution in [0.1, 0.15) is 31.1 Å². The van der Waals surface area contributed by atoms with Gasteiger partial charge >= 0.3 is 0 Å². The third-order valence-corrected chi connectivity index (χ3v) is 2.53. The van der Waals surface area contributed by atoms with Crippen LogP contribution in [-0.2, 0) is 0 Å². The molecule has 0 aliphatic carbocycles. The number of hydrogen-bond acceptors (Lipinski definition) is 3. The first-order valence-electron chi connectivity index (χ1n) is 5.15. The van der Waals surface area contributed by atoms with Gasteiger partial charge in [-0.05, 0) is 17.9 Å². The van der Waals surface area contributed by atoms with E-state index in [0.717, 1.165) is 10.6 Å². The molecule has 3 heteroatoms. The summed E-state index contributed by atoms with van der Waals surface area (Å²) in [6.07, 6.45) is 0. The first-order valence-corrected chi connectivity index (χ1v) is 6.13. The molecule has 1 aromatic carbocycles. The second-order valence-corrected chi connectivity index (χ2v) is 3.88. The topological polar surface area (TPSA) is 37.3 Å². The van der Waals surface area contributed by atoms with Crippen LogP contribution in [0.25, 0.3) is 0 Å². The molecule has 0 saturated heterocycles. The molecule has 0 aromatic heterocycles. The highest BCUT2D eigenvalue weighted by molar-refractivity contribution is 7.99. The van der Waals surface area contributed by atoms with E-state index in [4.69, 9.17) is 5.11 Å². The second kappa shape index (κ2) is 8.50. The second-order valence-electron chi connectivity index (χ2n) is 2.54. The molecule has 0 radical (unpaired) electrons. The van der Waals surface area contributed by atoms with Crippen LogP contribution in [0.3, 0.4) is 0 Å². The number of aliphatic hydroxyl groups is 1. The van der Waals surface area contributed by atoms with Gasteiger partial charge in [0.25, 0.3) is 0 Å². The normalized spacial score (nSPS) is 9.07. The van der Waals surface area contributed by atoms with Crippen molar-refractivity contribution in [3.63, 3.8) is 0 Å². The number of benzene rings is 1. The summed E-state index contributed by atoms with van der Waals surface area (Å²) in [5.74, 6) is 0.792. The molecule has 2 nitrogen and oxygen atoms in total. The molecule has 84 valence electrons. The van der Waals surface area contributed by atoms with Gasteiger partial charge in [-0.25, -0.2) is 0 Å². The average Bonchev–Trinajstić information content (AvgIpc) is 2.32. The minimum atomic E-state index is -0.416. The van der Waals surface area contributed by atoms with Crippen molar-refractivity contribution in [3.05, 3.63) is 29.8 Å². The smallest absolute Gasteiger partial charge is 0.188 e. The molecule has 0 saturated carbocycles. The van der Waals surface area contributed by atoms with E-state index in [1.807, 2.05) is 26.0 Å². The van der Waals surface area contributed by atoms with Gasteiger partial charge in [0.2, 0.25) is 0 Å². The van der Waals surface area contributed by atoms with Crippen molar-refractivity contribution in [3.8, 4) is 0 Å². The Balaban J connectivity index is 0.000000921. The van der Waals surface area contributed by atoms with Gasteiger partial charge < -0.3 is 5.11 Å². The number of ketones is 1. The van der Waals surface area contributed by atoms with E-state index in [-0.39, 0.29) is 5.78 Å². The number of carbonyl (C=O) groups is 1. The van der Waals surface area contributed by atoms with Gasteiger partial charge in [0, 0.05) is 10.5 Å². The monoisotopic (exact) mass is 226 g/mol. The minimum absolute atomic E-state index is 0.229. The van der Waals surface area contributed by atoms with Gasteiger partial charge in [0.05, 0.1) is 0 Å². The molecule has 0 amide bonds. The molecule has 0 atom stereocenters. The predicted octanol–water partition coefficient (Wildman–Crippen LogP) is 3.00. The molecule has 1 rings (SSSR count). The van der Waals surface area contributed by atoms with Crippen molar-refractivity contribution in [2.45, 2.75) is 25.7 Å². The van der Waals surface area contributed by atoms with Gasteiger partial charge in [-0.15, -0.1) is 11.8 Å². The zero-order valence-corrected chi connectivity index (χ0v) is 10.3. The highest BCUT2D eigenvalue weighted by Gasteiger charge is 2.02. The first kappa shape index (κ1) is 14.2. The molecule has 0 unspecified atom stereocenters. The van der Waals surface area contributed by atoms with E-state index in [9.17, 15) is 4.79 Å². The summed E-state index contributed by atoms with van der Waals surface area (Å²) in [5, 5.41) is 8.61. The molecule has 0 heterocycles. The molecular formula is C12H18O2S. The molecule has 0 spiro atoms. The summed E-state index contributed by atoms with van der Waals surface area (Å²) in [5.41, 5.74) is 0.572. The molecule has 1 N–H and O–H groups in total. The third kappa shape index (κ3) is 5.00. The summed E-state index contributed by atoms with van der Waals surface area (Å²) in [7, 11) is 0. The maximum Gasteiger partial charge on any atom is 0.188 e. The van der Waals surface area contributed by atoms with Crippen molar-refractivity contribution in [2.75, 3.05) is 12.4 Å². The number of thioether (sulfide) groups is 1. The van der Waals surface area contributed by atoms with E-state index < -0.39 is 6.61 Å². The summed E-state index contributed by atoms with van der Waals surface area (Å²) in [4.78, 5) is 12.2. The number of carbonyl (C=O) groups excluding carboxylic acids is 1. The van der Waals surface area contributed by atoms with E-state index in [1.165, 1.54) is 0 Å². The third-order valence-electron chi connectivity index (χ3n) is 1.63. The van der Waals surface area contributed by atoms with E-state index in [0.29, 0.717) is 5.56 Å². The van der Waals surface area contributed by atoms with Gasteiger partial charge in [0.1, 0.15) is 6.61 Å². The Labute approximate surface area is 95.7 Å². The molecule has 1 aromatic rings. The Bertz CT molecular complexity index is 280. The van der Waals surface area contributed by atoms with Crippen molar-refractivity contribution in [1.82, 2.24) is 0 Å². The minimum Gasteiger partial charge on any atom is -0.388 e. The summed E-state index contributed by atoms with van der Waals surface area (Å²) in [6, 6.07) is 7.29. The molecule has 0 aliphatic rings. The van der Waals surface area contributed by atoms with Crippen LogP contribution in [0.4, 0.5) is 0 Å². The summed E-state index contributed by atoms with van der Waals surface area (Å²) < 4.78 is 0. The SMILES string of the molecule is CC.CCSc1ccc(C(=O)CO)cc1. The van der Waals surface area contributed by atoms with Crippen LogP contribution in [0, 0.1) is 0 Å². The zero-order chi connectivity index (χ0) is 11.7.